The van der Waals surface area contributed by atoms with Gasteiger partial charge in [-0.15, -0.1) is 0 Å². The Labute approximate surface area is 84.1 Å². The maximum Gasteiger partial charge on any atom is 0.0621 e. The van der Waals surface area contributed by atoms with Gasteiger partial charge >= 0.3 is 0 Å². The second kappa shape index (κ2) is 4.58. The van der Waals surface area contributed by atoms with Crippen molar-refractivity contribution in [1.29, 1.82) is 0 Å². The van der Waals surface area contributed by atoms with Crippen molar-refractivity contribution in [2.24, 2.45) is 11.7 Å². The Kier molecular flexibility index (Phi) is 3.70. The first-order valence-corrected chi connectivity index (χ1v) is 4.83. The summed E-state index contributed by atoms with van der Waals surface area (Å²) in [5, 5.41) is 0.742. The minimum atomic E-state index is 0.437. The minimum Gasteiger partial charge on any atom is -0.330 e. The lowest BCUT2D eigenvalue weighted by Crippen LogP contribution is -2.14. The van der Waals surface area contributed by atoms with E-state index in [-0.39, 0.29) is 0 Å². The fraction of sp³-hybridized carbons (Fsp3) is 0.500. The summed E-state index contributed by atoms with van der Waals surface area (Å²) >= 11 is 5.99. The summed E-state index contributed by atoms with van der Waals surface area (Å²) in [6.45, 7) is 4.74. The number of aryl methyl sites for hydroxylation is 1. The summed E-state index contributed by atoms with van der Waals surface area (Å²) in [5.74, 6) is 0.437. The van der Waals surface area contributed by atoms with E-state index in [1.807, 2.05) is 19.1 Å². The summed E-state index contributed by atoms with van der Waals surface area (Å²) < 4.78 is 0. The molecule has 0 saturated carbocycles. The predicted octanol–water partition coefficient (Wildman–Crippen LogP) is 2.18. The molecule has 0 aromatic carbocycles. The van der Waals surface area contributed by atoms with Gasteiger partial charge < -0.3 is 5.73 Å². The average molecular weight is 199 g/mol. The van der Waals surface area contributed by atoms with Crippen molar-refractivity contribution in [3.05, 3.63) is 28.5 Å². The monoisotopic (exact) mass is 198 g/mol. The smallest absolute Gasteiger partial charge is 0.0621 e. The highest BCUT2D eigenvalue weighted by Gasteiger charge is 2.06. The average Bonchev–Trinajstić information content (AvgIpc) is 2.11. The van der Waals surface area contributed by atoms with Crippen molar-refractivity contribution in [2.45, 2.75) is 20.3 Å². The molecule has 0 aliphatic heterocycles. The van der Waals surface area contributed by atoms with Gasteiger partial charge in [0.15, 0.2) is 0 Å². The molecule has 0 aliphatic carbocycles. The standard InChI is InChI=1S/C10H15ClN2/c1-7(6-12)5-10-9(11)4-3-8(2)13-10/h3-4,7H,5-6,12H2,1-2H3. The molecule has 1 aromatic heterocycles. The Morgan fingerprint density at radius 2 is 2.23 bits per heavy atom. The maximum absolute atomic E-state index is 5.99. The van der Waals surface area contributed by atoms with Crippen LogP contribution in [0.5, 0.6) is 0 Å². The van der Waals surface area contributed by atoms with Gasteiger partial charge in [0.2, 0.25) is 0 Å². The summed E-state index contributed by atoms with van der Waals surface area (Å²) in [4.78, 5) is 4.37. The van der Waals surface area contributed by atoms with Crippen molar-refractivity contribution in [3.8, 4) is 0 Å². The predicted molar refractivity (Wildman–Crippen MR) is 55.9 cm³/mol. The van der Waals surface area contributed by atoms with Crippen LogP contribution in [-0.2, 0) is 6.42 Å². The molecular weight excluding hydrogens is 184 g/mol. The number of rotatable bonds is 3. The fourth-order valence-electron chi connectivity index (χ4n) is 1.15. The third-order valence-corrected chi connectivity index (χ3v) is 2.35. The lowest BCUT2D eigenvalue weighted by atomic mass is 10.1. The lowest BCUT2D eigenvalue weighted by Gasteiger charge is -2.09. The Bertz CT molecular complexity index is 286. The summed E-state index contributed by atoms with van der Waals surface area (Å²) in [6.07, 6.45) is 0.858. The molecule has 0 amide bonds. The second-order valence-corrected chi connectivity index (χ2v) is 3.83. The van der Waals surface area contributed by atoms with E-state index >= 15 is 0 Å². The molecule has 0 bridgehead atoms. The maximum atomic E-state index is 5.99. The van der Waals surface area contributed by atoms with Gasteiger partial charge in [-0.3, -0.25) is 4.98 Å². The van der Waals surface area contributed by atoms with E-state index in [1.165, 1.54) is 0 Å². The van der Waals surface area contributed by atoms with Gasteiger partial charge in [0, 0.05) is 5.69 Å². The van der Waals surface area contributed by atoms with Crippen LogP contribution in [0.2, 0.25) is 5.02 Å². The van der Waals surface area contributed by atoms with Gasteiger partial charge in [0.05, 0.1) is 10.7 Å². The first-order chi connectivity index (χ1) is 6.13. The van der Waals surface area contributed by atoms with E-state index in [9.17, 15) is 0 Å². The molecule has 1 atom stereocenters. The molecule has 0 fully saturated rings. The Balaban J connectivity index is 2.81. The van der Waals surface area contributed by atoms with Crippen LogP contribution in [-0.4, -0.2) is 11.5 Å². The zero-order valence-corrected chi connectivity index (χ0v) is 8.80. The normalized spacial score (nSPS) is 12.9. The zero-order chi connectivity index (χ0) is 9.84. The van der Waals surface area contributed by atoms with Crippen LogP contribution in [0.25, 0.3) is 0 Å². The number of nitrogens with two attached hydrogens (primary N) is 1. The Morgan fingerprint density at radius 3 is 2.85 bits per heavy atom. The number of aromatic nitrogens is 1. The van der Waals surface area contributed by atoms with Crippen LogP contribution in [0.4, 0.5) is 0 Å². The van der Waals surface area contributed by atoms with E-state index < -0.39 is 0 Å². The molecule has 0 aliphatic rings. The van der Waals surface area contributed by atoms with E-state index in [2.05, 4.69) is 11.9 Å². The van der Waals surface area contributed by atoms with Crippen LogP contribution >= 0.6 is 11.6 Å². The van der Waals surface area contributed by atoms with Crippen molar-refractivity contribution >= 4 is 11.6 Å². The first-order valence-electron chi connectivity index (χ1n) is 4.45. The van der Waals surface area contributed by atoms with Gasteiger partial charge in [-0.1, -0.05) is 18.5 Å². The van der Waals surface area contributed by atoms with Crippen LogP contribution in [0.1, 0.15) is 18.3 Å². The Morgan fingerprint density at radius 1 is 1.54 bits per heavy atom. The van der Waals surface area contributed by atoms with Crippen molar-refractivity contribution in [3.63, 3.8) is 0 Å². The molecular formula is C10H15ClN2. The molecule has 2 nitrogen and oxygen atoms in total. The third kappa shape index (κ3) is 2.98. The zero-order valence-electron chi connectivity index (χ0n) is 8.05. The molecule has 0 saturated heterocycles. The van der Waals surface area contributed by atoms with Gasteiger partial charge in [-0.25, -0.2) is 0 Å². The number of halogens is 1. The van der Waals surface area contributed by atoms with Crippen molar-refractivity contribution in [2.75, 3.05) is 6.54 Å². The van der Waals surface area contributed by atoms with Crippen molar-refractivity contribution < 1.29 is 0 Å². The molecule has 0 radical (unpaired) electrons. The number of pyridine rings is 1. The second-order valence-electron chi connectivity index (χ2n) is 3.43. The highest BCUT2D eigenvalue weighted by molar-refractivity contribution is 6.31. The highest BCUT2D eigenvalue weighted by atomic mass is 35.5. The molecule has 72 valence electrons. The van der Waals surface area contributed by atoms with Crippen LogP contribution < -0.4 is 5.73 Å². The van der Waals surface area contributed by atoms with Crippen LogP contribution in [0.15, 0.2) is 12.1 Å². The topological polar surface area (TPSA) is 38.9 Å². The first kappa shape index (κ1) is 10.5. The molecule has 2 N–H and O–H groups in total. The van der Waals surface area contributed by atoms with Gasteiger partial charge in [0.25, 0.3) is 0 Å². The van der Waals surface area contributed by atoms with Crippen LogP contribution in [0.3, 0.4) is 0 Å². The van der Waals surface area contributed by atoms with E-state index in [4.69, 9.17) is 17.3 Å². The molecule has 3 heteroatoms. The molecule has 1 unspecified atom stereocenters. The molecule has 1 aromatic rings. The fourth-order valence-corrected chi connectivity index (χ4v) is 1.33. The number of hydrogen-bond donors (Lipinski definition) is 1. The van der Waals surface area contributed by atoms with Gasteiger partial charge in [0.1, 0.15) is 0 Å². The molecule has 1 heterocycles. The van der Waals surface area contributed by atoms with Gasteiger partial charge in [-0.05, 0) is 37.9 Å². The summed E-state index contributed by atoms with van der Waals surface area (Å²) in [7, 11) is 0. The van der Waals surface area contributed by atoms with Crippen LogP contribution in [0, 0.1) is 12.8 Å². The number of nitrogens with zero attached hydrogens (tertiary/aromatic N) is 1. The van der Waals surface area contributed by atoms with E-state index in [0.717, 1.165) is 22.8 Å². The lowest BCUT2D eigenvalue weighted by molar-refractivity contribution is 0.583. The number of hydrogen-bond acceptors (Lipinski definition) is 2. The summed E-state index contributed by atoms with van der Waals surface area (Å²) in [5.41, 5.74) is 7.50. The van der Waals surface area contributed by atoms with E-state index in [0.29, 0.717) is 12.5 Å². The molecule has 13 heavy (non-hydrogen) atoms. The van der Waals surface area contributed by atoms with Crippen molar-refractivity contribution in [1.82, 2.24) is 4.98 Å². The third-order valence-electron chi connectivity index (χ3n) is 2.00. The quantitative estimate of drug-likeness (QED) is 0.809. The SMILES string of the molecule is Cc1ccc(Cl)c(CC(C)CN)n1. The highest BCUT2D eigenvalue weighted by Crippen LogP contribution is 2.17. The van der Waals surface area contributed by atoms with E-state index in [1.54, 1.807) is 0 Å². The molecule has 1 rings (SSSR count). The minimum absolute atomic E-state index is 0.437. The summed E-state index contributed by atoms with van der Waals surface area (Å²) in [6, 6.07) is 3.81. The Hall–Kier alpha value is -0.600. The molecule has 0 spiro atoms. The largest absolute Gasteiger partial charge is 0.330 e. The van der Waals surface area contributed by atoms with Gasteiger partial charge in [-0.2, -0.15) is 0 Å².